The van der Waals surface area contributed by atoms with E-state index in [1.807, 2.05) is 20.8 Å². The zero-order valence-corrected chi connectivity index (χ0v) is 14.1. The maximum Gasteiger partial charge on any atom is 0.241 e. The molecule has 0 aliphatic carbocycles. The van der Waals surface area contributed by atoms with Gasteiger partial charge in [0.1, 0.15) is 4.99 Å². The van der Waals surface area contributed by atoms with E-state index in [1.165, 1.54) is 18.2 Å². The van der Waals surface area contributed by atoms with E-state index in [-0.39, 0.29) is 14.9 Å². The number of rotatable bonds is 6. The van der Waals surface area contributed by atoms with Crippen molar-refractivity contribution in [1.29, 1.82) is 0 Å². The molecular formula is C13H19ClN2O2S2. The summed E-state index contributed by atoms with van der Waals surface area (Å²) in [6, 6.07) is 4.33. The molecule has 1 aromatic carbocycles. The summed E-state index contributed by atoms with van der Waals surface area (Å²) in [6.45, 7) is 5.70. The van der Waals surface area contributed by atoms with Crippen molar-refractivity contribution in [2.75, 3.05) is 0 Å². The highest BCUT2D eigenvalue weighted by Gasteiger charge is 2.25. The van der Waals surface area contributed by atoms with Crippen LogP contribution in [-0.4, -0.2) is 18.9 Å². The third-order valence-corrected chi connectivity index (χ3v) is 5.03. The van der Waals surface area contributed by atoms with E-state index < -0.39 is 15.6 Å². The van der Waals surface area contributed by atoms with Crippen LogP contribution in [0.5, 0.6) is 0 Å². The van der Waals surface area contributed by atoms with Crippen molar-refractivity contribution in [3.63, 3.8) is 0 Å². The SMILES string of the molecule is CCCC(C)(C)NS(=O)(=O)c1ccc(C(N)=S)c(Cl)c1. The van der Waals surface area contributed by atoms with Gasteiger partial charge in [-0.25, -0.2) is 13.1 Å². The topological polar surface area (TPSA) is 72.2 Å². The summed E-state index contributed by atoms with van der Waals surface area (Å²) in [5, 5.41) is 0.230. The van der Waals surface area contributed by atoms with Crippen LogP contribution in [0.3, 0.4) is 0 Å². The Kier molecular flexibility index (Phi) is 5.54. The number of benzene rings is 1. The van der Waals surface area contributed by atoms with Crippen LogP contribution >= 0.6 is 23.8 Å². The summed E-state index contributed by atoms with van der Waals surface area (Å²) in [7, 11) is -3.62. The van der Waals surface area contributed by atoms with E-state index in [2.05, 4.69) is 4.72 Å². The Hall–Kier alpha value is -0.690. The van der Waals surface area contributed by atoms with Crippen molar-refractivity contribution in [3.8, 4) is 0 Å². The lowest BCUT2D eigenvalue weighted by Gasteiger charge is -2.25. The van der Waals surface area contributed by atoms with Gasteiger partial charge in [0.15, 0.2) is 0 Å². The first-order valence-electron chi connectivity index (χ1n) is 6.22. The third kappa shape index (κ3) is 4.41. The average Bonchev–Trinajstić information content (AvgIpc) is 2.26. The zero-order valence-electron chi connectivity index (χ0n) is 11.7. The van der Waals surface area contributed by atoms with Gasteiger partial charge in [0.05, 0.1) is 9.92 Å². The lowest BCUT2D eigenvalue weighted by atomic mass is 10.0. The van der Waals surface area contributed by atoms with Gasteiger partial charge < -0.3 is 5.73 Å². The molecule has 112 valence electrons. The average molecular weight is 335 g/mol. The fraction of sp³-hybridized carbons (Fsp3) is 0.462. The maximum atomic E-state index is 12.3. The van der Waals surface area contributed by atoms with Gasteiger partial charge in [0.2, 0.25) is 10.0 Å². The molecule has 0 aliphatic heterocycles. The third-order valence-electron chi connectivity index (χ3n) is 2.80. The minimum Gasteiger partial charge on any atom is -0.389 e. The van der Waals surface area contributed by atoms with Gasteiger partial charge in [-0.05, 0) is 38.5 Å². The highest BCUT2D eigenvalue weighted by atomic mass is 35.5. The predicted molar refractivity (Wildman–Crippen MR) is 86.6 cm³/mol. The number of hydrogen-bond donors (Lipinski definition) is 2. The predicted octanol–water partition coefficient (Wildman–Crippen LogP) is 2.83. The van der Waals surface area contributed by atoms with E-state index >= 15 is 0 Å². The molecule has 0 heterocycles. The van der Waals surface area contributed by atoms with Gasteiger partial charge in [-0.1, -0.05) is 37.2 Å². The van der Waals surface area contributed by atoms with Crippen molar-refractivity contribution < 1.29 is 8.42 Å². The smallest absolute Gasteiger partial charge is 0.241 e. The van der Waals surface area contributed by atoms with Crippen molar-refractivity contribution in [2.45, 2.75) is 44.0 Å². The second-order valence-corrected chi connectivity index (χ2v) is 7.77. The molecule has 0 unspecified atom stereocenters. The summed E-state index contributed by atoms with van der Waals surface area (Å²) in [5.74, 6) is 0. The fourth-order valence-corrected chi connectivity index (χ4v) is 4.01. The Morgan fingerprint density at radius 2 is 2.05 bits per heavy atom. The number of nitrogens with two attached hydrogens (primary N) is 1. The lowest BCUT2D eigenvalue weighted by Crippen LogP contribution is -2.43. The summed E-state index contributed by atoms with van der Waals surface area (Å²) < 4.78 is 27.3. The first kappa shape index (κ1) is 17.4. The first-order valence-corrected chi connectivity index (χ1v) is 8.49. The van der Waals surface area contributed by atoms with Gasteiger partial charge in [-0.3, -0.25) is 0 Å². The molecule has 0 aliphatic rings. The molecular weight excluding hydrogens is 316 g/mol. The number of halogens is 1. The van der Waals surface area contributed by atoms with E-state index in [9.17, 15) is 8.42 Å². The summed E-state index contributed by atoms with van der Waals surface area (Å²) in [4.78, 5) is 0.241. The molecule has 0 bridgehead atoms. The maximum absolute atomic E-state index is 12.3. The van der Waals surface area contributed by atoms with Crippen LogP contribution in [0.1, 0.15) is 39.2 Å². The molecule has 0 saturated heterocycles. The van der Waals surface area contributed by atoms with E-state index in [0.29, 0.717) is 5.56 Å². The number of hydrogen-bond acceptors (Lipinski definition) is 3. The number of sulfonamides is 1. The van der Waals surface area contributed by atoms with Crippen molar-refractivity contribution >= 4 is 38.8 Å². The van der Waals surface area contributed by atoms with Gasteiger partial charge in [-0.2, -0.15) is 0 Å². The molecule has 20 heavy (non-hydrogen) atoms. The molecule has 0 atom stereocenters. The standard InChI is InChI=1S/C13H19ClN2O2S2/c1-4-7-13(2,3)16-20(17,18)9-5-6-10(12(15)19)11(14)8-9/h5-6,8,16H,4,7H2,1-3H3,(H2,15,19). The molecule has 0 saturated carbocycles. The summed E-state index contributed by atoms with van der Waals surface area (Å²) in [6.07, 6.45) is 1.63. The Morgan fingerprint density at radius 3 is 2.50 bits per heavy atom. The van der Waals surface area contributed by atoms with Crippen LogP contribution in [0.2, 0.25) is 5.02 Å². The number of thiocarbonyl (C=S) groups is 1. The van der Waals surface area contributed by atoms with Crippen LogP contribution < -0.4 is 10.5 Å². The van der Waals surface area contributed by atoms with Crippen LogP contribution in [0.4, 0.5) is 0 Å². The molecule has 0 aromatic heterocycles. The minimum atomic E-state index is -3.62. The molecule has 0 fully saturated rings. The monoisotopic (exact) mass is 334 g/mol. The fourth-order valence-electron chi connectivity index (χ4n) is 1.96. The van der Waals surface area contributed by atoms with E-state index in [1.54, 1.807) is 0 Å². The minimum absolute atomic E-state index is 0.103. The molecule has 0 amide bonds. The zero-order chi connectivity index (χ0) is 15.6. The highest BCUT2D eigenvalue weighted by Crippen LogP contribution is 2.23. The van der Waals surface area contributed by atoms with Crippen molar-refractivity contribution in [2.24, 2.45) is 5.73 Å². The molecule has 1 aromatic rings. The van der Waals surface area contributed by atoms with Crippen LogP contribution in [0, 0.1) is 0 Å². The van der Waals surface area contributed by atoms with Crippen LogP contribution in [0.25, 0.3) is 0 Å². The van der Waals surface area contributed by atoms with Gasteiger partial charge in [0.25, 0.3) is 0 Å². The Balaban J connectivity index is 3.11. The van der Waals surface area contributed by atoms with E-state index in [0.717, 1.165) is 12.8 Å². The molecule has 0 spiro atoms. The van der Waals surface area contributed by atoms with Gasteiger partial charge in [-0.15, -0.1) is 0 Å². The van der Waals surface area contributed by atoms with Gasteiger partial charge >= 0.3 is 0 Å². The van der Waals surface area contributed by atoms with Crippen LogP contribution in [0.15, 0.2) is 23.1 Å². The highest BCUT2D eigenvalue weighted by molar-refractivity contribution is 7.89. The first-order chi connectivity index (χ1) is 9.09. The summed E-state index contributed by atoms with van der Waals surface area (Å²) >= 11 is 10.8. The molecule has 1 rings (SSSR count). The molecule has 3 N–H and O–H groups in total. The molecule has 0 radical (unpaired) electrons. The normalized spacial score (nSPS) is 12.4. The number of nitrogens with one attached hydrogen (secondary N) is 1. The summed E-state index contributed by atoms with van der Waals surface area (Å²) in [5.41, 5.74) is 5.45. The van der Waals surface area contributed by atoms with Crippen LogP contribution in [-0.2, 0) is 10.0 Å². The quantitative estimate of drug-likeness (QED) is 0.785. The largest absolute Gasteiger partial charge is 0.389 e. The Bertz CT molecular complexity index is 613. The van der Waals surface area contributed by atoms with Gasteiger partial charge in [0, 0.05) is 11.1 Å². The van der Waals surface area contributed by atoms with Crippen molar-refractivity contribution in [1.82, 2.24) is 4.72 Å². The lowest BCUT2D eigenvalue weighted by molar-refractivity contribution is 0.418. The second-order valence-electron chi connectivity index (χ2n) is 5.25. The second kappa shape index (κ2) is 6.39. The van der Waals surface area contributed by atoms with E-state index in [4.69, 9.17) is 29.6 Å². The van der Waals surface area contributed by atoms with Crippen molar-refractivity contribution in [3.05, 3.63) is 28.8 Å². The molecule has 4 nitrogen and oxygen atoms in total. The molecule has 7 heteroatoms. The Morgan fingerprint density at radius 1 is 1.45 bits per heavy atom. The Labute approximate surface area is 130 Å².